The van der Waals surface area contributed by atoms with Crippen LogP contribution in [0.4, 0.5) is 4.79 Å². The highest BCUT2D eigenvalue weighted by molar-refractivity contribution is 6.30. The van der Waals surface area contributed by atoms with Crippen molar-refractivity contribution in [2.75, 3.05) is 0 Å². The second-order valence-corrected chi connectivity index (χ2v) is 4.34. The maximum atomic E-state index is 12.3. The molecule has 106 valence electrons. The van der Waals surface area contributed by atoms with Gasteiger partial charge in [-0.25, -0.2) is 4.79 Å². The van der Waals surface area contributed by atoms with Crippen LogP contribution in [-0.2, 0) is 16.1 Å². The van der Waals surface area contributed by atoms with Gasteiger partial charge in [-0.2, -0.15) is 0 Å². The molecule has 1 saturated heterocycles. The number of rotatable bonds is 3. The second kappa shape index (κ2) is 5.12. The predicted octanol–water partition coefficient (Wildman–Crippen LogP) is 1.53. The van der Waals surface area contributed by atoms with E-state index >= 15 is 0 Å². The summed E-state index contributed by atoms with van der Waals surface area (Å²) >= 11 is 0. The highest BCUT2D eigenvalue weighted by Gasteiger charge is 2.36. The number of nitrogens with zero attached hydrogens (tertiary/aromatic N) is 1. The zero-order valence-corrected chi connectivity index (χ0v) is 10.7. The molecule has 0 unspecified atom stereocenters. The number of hydrogen-bond donors (Lipinski definition) is 1. The molecule has 7 nitrogen and oxygen atoms in total. The normalized spacial score (nSPS) is 17.4. The Hall–Kier alpha value is -3.09. The Labute approximate surface area is 118 Å². The van der Waals surface area contributed by atoms with E-state index in [1.807, 2.05) is 0 Å². The van der Waals surface area contributed by atoms with Crippen LogP contribution in [0.15, 0.2) is 51.4 Å². The molecule has 21 heavy (non-hydrogen) atoms. The van der Waals surface area contributed by atoms with E-state index in [2.05, 4.69) is 5.32 Å². The van der Waals surface area contributed by atoms with Gasteiger partial charge in [0.05, 0.1) is 25.3 Å². The minimum atomic E-state index is -0.772. The van der Waals surface area contributed by atoms with E-state index in [-0.39, 0.29) is 12.1 Å². The molecule has 4 amide bonds. The average Bonchev–Trinajstić information content (AvgIpc) is 3.13. The summed E-state index contributed by atoms with van der Waals surface area (Å²) in [7, 11) is 0. The molecule has 0 aromatic carbocycles. The molecule has 0 bridgehead atoms. The van der Waals surface area contributed by atoms with Gasteiger partial charge >= 0.3 is 6.03 Å². The Balaban J connectivity index is 1.90. The van der Waals surface area contributed by atoms with Crippen LogP contribution in [-0.4, -0.2) is 22.7 Å². The predicted molar refractivity (Wildman–Crippen MR) is 69.5 cm³/mol. The molecule has 1 aliphatic rings. The van der Waals surface area contributed by atoms with Crippen LogP contribution < -0.4 is 5.32 Å². The van der Waals surface area contributed by atoms with Crippen molar-refractivity contribution in [3.63, 3.8) is 0 Å². The molecule has 1 N–H and O–H groups in total. The molecular weight excluding hydrogens is 276 g/mol. The van der Waals surface area contributed by atoms with Crippen molar-refractivity contribution >= 4 is 23.9 Å². The summed E-state index contributed by atoms with van der Waals surface area (Å²) in [6.07, 6.45) is 5.61. The van der Waals surface area contributed by atoms with Crippen molar-refractivity contribution in [3.8, 4) is 0 Å². The Morgan fingerprint density at radius 2 is 2.05 bits per heavy atom. The van der Waals surface area contributed by atoms with E-state index in [0.29, 0.717) is 11.3 Å². The Morgan fingerprint density at radius 1 is 1.19 bits per heavy atom. The number of urea groups is 1. The van der Waals surface area contributed by atoms with Crippen LogP contribution in [0.3, 0.4) is 0 Å². The third-order valence-electron chi connectivity index (χ3n) is 2.93. The molecule has 0 aliphatic carbocycles. The van der Waals surface area contributed by atoms with Crippen molar-refractivity contribution < 1.29 is 23.2 Å². The second-order valence-electron chi connectivity index (χ2n) is 4.34. The molecule has 0 radical (unpaired) electrons. The van der Waals surface area contributed by atoms with Crippen molar-refractivity contribution in [3.05, 3.63) is 53.9 Å². The van der Waals surface area contributed by atoms with Gasteiger partial charge in [0.25, 0.3) is 11.8 Å². The topological polar surface area (TPSA) is 92.8 Å². The number of nitrogens with one attached hydrogen (secondary N) is 1. The smallest absolute Gasteiger partial charge is 0.331 e. The monoisotopic (exact) mass is 286 g/mol. The fourth-order valence-electron chi connectivity index (χ4n) is 1.92. The van der Waals surface area contributed by atoms with Gasteiger partial charge in [0.2, 0.25) is 0 Å². The van der Waals surface area contributed by atoms with Crippen LogP contribution in [0.1, 0.15) is 11.3 Å². The number of carbonyl (C=O) groups is 3. The molecule has 7 heteroatoms. The van der Waals surface area contributed by atoms with E-state index < -0.39 is 17.8 Å². The summed E-state index contributed by atoms with van der Waals surface area (Å²) in [5, 5.41) is 2.12. The Bertz CT molecular complexity index is 713. The molecular formula is C14H10N2O5. The zero-order chi connectivity index (χ0) is 14.8. The summed E-state index contributed by atoms with van der Waals surface area (Å²) in [5.74, 6) is -0.973. The number of barbiturate groups is 1. The maximum absolute atomic E-state index is 12.3. The third-order valence-corrected chi connectivity index (χ3v) is 2.93. The van der Waals surface area contributed by atoms with Gasteiger partial charge in [-0.15, -0.1) is 0 Å². The van der Waals surface area contributed by atoms with E-state index in [1.54, 1.807) is 18.2 Å². The van der Waals surface area contributed by atoms with Gasteiger partial charge in [-0.05, 0) is 24.3 Å². The number of carbonyl (C=O) groups excluding carboxylic acids is 3. The lowest BCUT2D eigenvalue weighted by atomic mass is 10.1. The van der Waals surface area contributed by atoms with Crippen molar-refractivity contribution in [1.29, 1.82) is 0 Å². The molecule has 0 saturated carbocycles. The zero-order valence-electron chi connectivity index (χ0n) is 10.7. The lowest BCUT2D eigenvalue weighted by molar-refractivity contribution is -0.130. The van der Waals surface area contributed by atoms with Gasteiger partial charge in [-0.3, -0.25) is 19.8 Å². The average molecular weight is 286 g/mol. The molecule has 1 fully saturated rings. The van der Waals surface area contributed by atoms with Crippen molar-refractivity contribution in [1.82, 2.24) is 10.2 Å². The van der Waals surface area contributed by atoms with Gasteiger partial charge in [0, 0.05) is 5.56 Å². The summed E-state index contributed by atoms with van der Waals surface area (Å²) in [6.45, 7) is -0.0479. The summed E-state index contributed by atoms with van der Waals surface area (Å²) in [4.78, 5) is 36.8. The van der Waals surface area contributed by atoms with E-state index in [9.17, 15) is 14.4 Å². The van der Waals surface area contributed by atoms with E-state index in [1.165, 1.54) is 24.9 Å². The van der Waals surface area contributed by atoms with Gasteiger partial charge in [0.1, 0.15) is 11.3 Å². The first kappa shape index (κ1) is 12.9. The molecule has 3 heterocycles. The Kier molecular flexibility index (Phi) is 3.15. The summed E-state index contributed by atoms with van der Waals surface area (Å²) < 4.78 is 9.98. The van der Waals surface area contributed by atoms with E-state index in [0.717, 1.165) is 4.90 Å². The first-order chi connectivity index (χ1) is 10.1. The summed E-state index contributed by atoms with van der Waals surface area (Å²) in [6, 6.07) is 4.11. The van der Waals surface area contributed by atoms with Crippen LogP contribution in [0, 0.1) is 0 Å². The quantitative estimate of drug-likeness (QED) is 0.682. The molecule has 0 spiro atoms. The Morgan fingerprint density at radius 3 is 2.71 bits per heavy atom. The lowest BCUT2D eigenvalue weighted by Crippen LogP contribution is -2.53. The van der Waals surface area contributed by atoms with E-state index in [4.69, 9.17) is 8.83 Å². The number of hydrogen-bond acceptors (Lipinski definition) is 5. The largest absolute Gasteiger partial charge is 0.472 e. The standard InChI is InChI=1S/C14H10N2O5/c17-12-11(6-9-3-5-20-8-9)13(18)16(14(19)15-12)7-10-2-1-4-21-10/h1-6,8H,7H2,(H,15,17,19)/b11-6+. The minimum absolute atomic E-state index is 0.0479. The van der Waals surface area contributed by atoms with Gasteiger partial charge in [-0.1, -0.05) is 0 Å². The molecule has 3 rings (SSSR count). The molecule has 0 atom stereocenters. The van der Waals surface area contributed by atoms with Gasteiger partial charge < -0.3 is 8.83 Å². The first-order valence-electron chi connectivity index (χ1n) is 6.08. The molecule has 1 aliphatic heterocycles. The summed E-state index contributed by atoms with van der Waals surface area (Å²) in [5.41, 5.74) is 0.420. The van der Waals surface area contributed by atoms with Crippen molar-refractivity contribution in [2.45, 2.75) is 6.54 Å². The fraction of sp³-hybridized carbons (Fsp3) is 0.0714. The highest BCUT2D eigenvalue weighted by Crippen LogP contribution is 2.17. The number of furan rings is 2. The van der Waals surface area contributed by atoms with Crippen molar-refractivity contribution in [2.24, 2.45) is 0 Å². The maximum Gasteiger partial charge on any atom is 0.331 e. The molecule has 2 aromatic rings. The number of imide groups is 2. The first-order valence-corrected chi connectivity index (χ1v) is 6.08. The number of amides is 4. The molecule has 2 aromatic heterocycles. The lowest BCUT2D eigenvalue weighted by Gasteiger charge is -2.25. The van der Waals surface area contributed by atoms with Gasteiger partial charge in [0.15, 0.2) is 0 Å². The highest BCUT2D eigenvalue weighted by atomic mass is 16.3. The van der Waals surface area contributed by atoms with Crippen LogP contribution >= 0.6 is 0 Å². The minimum Gasteiger partial charge on any atom is -0.472 e. The van der Waals surface area contributed by atoms with Crippen LogP contribution in [0.25, 0.3) is 6.08 Å². The van der Waals surface area contributed by atoms with Crippen LogP contribution in [0.5, 0.6) is 0 Å². The SMILES string of the molecule is O=C1NC(=O)N(Cc2ccco2)C(=O)/C1=C/c1ccoc1. The third kappa shape index (κ3) is 2.48. The fourth-order valence-corrected chi connectivity index (χ4v) is 1.92. The van der Waals surface area contributed by atoms with Crippen LogP contribution in [0.2, 0.25) is 0 Å².